The Balaban J connectivity index is 4.90. The Labute approximate surface area is 138 Å². The van der Waals surface area contributed by atoms with E-state index in [2.05, 4.69) is 22.5 Å². The van der Waals surface area contributed by atoms with Crippen molar-refractivity contribution in [3.05, 3.63) is 12.7 Å². The topological polar surface area (TPSA) is 154 Å². The zero-order valence-corrected chi connectivity index (χ0v) is 13.1. The fourth-order valence-electron chi connectivity index (χ4n) is 1.30. The molecule has 1 unspecified atom stereocenters. The van der Waals surface area contributed by atoms with Gasteiger partial charge < -0.3 is 26.4 Å². The summed E-state index contributed by atoms with van der Waals surface area (Å²) >= 11 is 0. The quantitative estimate of drug-likeness (QED) is 0.187. The van der Waals surface area contributed by atoms with E-state index in [9.17, 15) is 24.0 Å². The molecule has 5 N–H and O–H groups in total. The Morgan fingerprint density at radius 1 is 1.00 bits per heavy atom. The second kappa shape index (κ2) is 9.62. The third kappa shape index (κ3) is 7.08. The molecule has 24 heavy (non-hydrogen) atoms. The number of aliphatic carboxylic acids is 1. The maximum Gasteiger partial charge on any atom is 0.325 e. The lowest BCUT2D eigenvalue weighted by molar-refractivity contribution is -0.141. The van der Waals surface area contributed by atoms with Crippen molar-refractivity contribution in [1.29, 1.82) is 0 Å². The van der Waals surface area contributed by atoms with Crippen LogP contribution in [0.15, 0.2) is 12.7 Å². The summed E-state index contributed by atoms with van der Waals surface area (Å²) in [5, 5.41) is 17.2. The maximum absolute atomic E-state index is 12.0. The largest absolute Gasteiger partial charge is 0.480 e. The van der Waals surface area contributed by atoms with E-state index in [1.54, 1.807) is 5.92 Å². The number of carbonyl (C=O) groups is 5. The van der Waals surface area contributed by atoms with E-state index < -0.39 is 47.8 Å². The van der Waals surface area contributed by atoms with E-state index >= 15 is 0 Å². The van der Waals surface area contributed by atoms with Gasteiger partial charge >= 0.3 is 5.97 Å². The second-order valence-corrected chi connectivity index (χ2v) is 4.56. The number of nitrogens with one attached hydrogen (secondary N) is 4. The molecule has 0 aromatic carbocycles. The average Bonchev–Trinajstić information content (AvgIpc) is 2.53. The first-order valence-electron chi connectivity index (χ1n) is 6.66. The van der Waals surface area contributed by atoms with Gasteiger partial charge in [0.25, 0.3) is 11.8 Å². The SMILES string of the molecule is C#CC(=O)NC(NC(=O)C=C)C(=O)N[C@@H](C)C(=O)N[C@@H](C)C(=O)O. The second-order valence-electron chi connectivity index (χ2n) is 4.56. The molecule has 0 saturated carbocycles. The first-order valence-corrected chi connectivity index (χ1v) is 6.66. The summed E-state index contributed by atoms with van der Waals surface area (Å²) in [5.74, 6) is -2.97. The minimum atomic E-state index is -1.54. The summed E-state index contributed by atoms with van der Waals surface area (Å²) < 4.78 is 0. The molecule has 0 heterocycles. The molecule has 0 spiro atoms. The highest BCUT2D eigenvalue weighted by Gasteiger charge is 2.26. The highest BCUT2D eigenvalue weighted by atomic mass is 16.4. The van der Waals surface area contributed by atoms with Gasteiger partial charge in [0.15, 0.2) is 6.17 Å². The molecule has 0 bridgehead atoms. The lowest BCUT2D eigenvalue weighted by Gasteiger charge is -2.21. The number of terminal acetylenes is 1. The third-order valence-corrected chi connectivity index (χ3v) is 2.62. The van der Waals surface area contributed by atoms with Crippen molar-refractivity contribution in [3.63, 3.8) is 0 Å². The maximum atomic E-state index is 12.0. The van der Waals surface area contributed by atoms with Crippen molar-refractivity contribution < 1.29 is 29.1 Å². The minimum Gasteiger partial charge on any atom is -0.480 e. The Morgan fingerprint density at radius 2 is 1.54 bits per heavy atom. The van der Waals surface area contributed by atoms with Gasteiger partial charge in [-0.3, -0.25) is 24.0 Å². The van der Waals surface area contributed by atoms with Crippen LogP contribution in [-0.4, -0.2) is 53.0 Å². The molecule has 0 saturated heterocycles. The Morgan fingerprint density at radius 3 is 2.00 bits per heavy atom. The average molecular weight is 338 g/mol. The molecule has 10 nitrogen and oxygen atoms in total. The molecule has 0 aromatic heterocycles. The molecule has 0 fully saturated rings. The van der Waals surface area contributed by atoms with Crippen molar-refractivity contribution in [2.24, 2.45) is 0 Å². The molecular weight excluding hydrogens is 320 g/mol. The van der Waals surface area contributed by atoms with Crippen LogP contribution in [0.1, 0.15) is 13.8 Å². The lowest BCUT2D eigenvalue weighted by atomic mass is 10.2. The fraction of sp³-hybridized carbons (Fsp3) is 0.357. The van der Waals surface area contributed by atoms with Gasteiger partial charge in [0.2, 0.25) is 11.8 Å². The fourth-order valence-corrected chi connectivity index (χ4v) is 1.30. The number of amides is 4. The van der Waals surface area contributed by atoms with Crippen LogP contribution in [0.3, 0.4) is 0 Å². The van der Waals surface area contributed by atoms with Crippen LogP contribution in [-0.2, 0) is 24.0 Å². The van der Waals surface area contributed by atoms with Crippen LogP contribution in [0, 0.1) is 12.3 Å². The molecule has 10 heteroatoms. The monoisotopic (exact) mass is 338 g/mol. The number of hydrogen-bond donors (Lipinski definition) is 5. The molecule has 0 aliphatic heterocycles. The van der Waals surface area contributed by atoms with Gasteiger partial charge in [-0.15, -0.1) is 6.42 Å². The first kappa shape index (κ1) is 20.6. The predicted octanol–water partition coefficient (Wildman–Crippen LogP) is -2.54. The highest BCUT2D eigenvalue weighted by molar-refractivity contribution is 5.99. The summed E-state index contributed by atoms with van der Waals surface area (Å²) in [6, 6.07) is -2.29. The van der Waals surface area contributed by atoms with Crippen molar-refractivity contribution in [2.75, 3.05) is 0 Å². The number of rotatable bonds is 8. The van der Waals surface area contributed by atoms with Gasteiger partial charge in [0.05, 0.1) is 0 Å². The van der Waals surface area contributed by atoms with Gasteiger partial charge in [0, 0.05) is 0 Å². The number of hydrogen-bond acceptors (Lipinski definition) is 5. The van der Waals surface area contributed by atoms with E-state index in [0.717, 1.165) is 6.08 Å². The van der Waals surface area contributed by atoms with Gasteiger partial charge in [-0.2, -0.15) is 0 Å². The molecule has 0 rings (SSSR count). The molecule has 130 valence electrons. The van der Waals surface area contributed by atoms with Crippen LogP contribution in [0.25, 0.3) is 0 Å². The minimum absolute atomic E-state index is 0.760. The van der Waals surface area contributed by atoms with Gasteiger partial charge in [-0.05, 0) is 25.8 Å². The summed E-state index contributed by atoms with van der Waals surface area (Å²) in [4.78, 5) is 56.9. The van der Waals surface area contributed by atoms with Crippen LogP contribution < -0.4 is 21.3 Å². The van der Waals surface area contributed by atoms with Gasteiger partial charge in [-0.25, -0.2) is 0 Å². The Hall–Kier alpha value is -3.35. The molecule has 3 atom stereocenters. The van der Waals surface area contributed by atoms with E-state index in [4.69, 9.17) is 11.5 Å². The van der Waals surface area contributed by atoms with Crippen molar-refractivity contribution in [3.8, 4) is 12.3 Å². The zero-order chi connectivity index (χ0) is 18.9. The Kier molecular flexibility index (Phi) is 8.28. The van der Waals surface area contributed by atoms with E-state index in [1.807, 2.05) is 5.32 Å². The van der Waals surface area contributed by atoms with Gasteiger partial charge in [0.1, 0.15) is 12.1 Å². The molecule has 4 amide bonds. The molecular formula is C14H18N4O6. The van der Waals surface area contributed by atoms with Crippen LogP contribution in [0.2, 0.25) is 0 Å². The smallest absolute Gasteiger partial charge is 0.325 e. The van der Waals surface area contributed by atoms with E-state index in [-0.39, 0.29) is 0 Å². The predicted molar refractivity (Wildman–Crippen MR) is 81.9 cm³/mol. The van der Waals surface area contributed by atoms with Crippen LogP contribution >= 0.6 is 0 Å². The van der Waals surface area contributed by atoms with Crippen molar-refractivity contribution in [2.45, 2.75) is 32.1 Å². The van der Waals surface area contributed by atoms with E-state index in [0.29, 0.717) is 0 Å². The zero-order valence-electron chi connectivity index (χ0n) is 13.1. The summed E-state index contributed by atoms with van der Waals surface area (Å²) in [7, 11) is 0. The van der Waals surface area contributed by atoms with Crippen molar-refractivity contribution >= 4 is 29.6 Å². The normalized spacial score (nSPS) is 13.2. The third-order valence-electron chi connectivity index (χ3n) is 2.62. The summed E-state index contributed by atoms with van der Waals surface area (Å²) in [6.45, 7) is 5.73. The Bertz CT molecular complexity index is 595. The molecule has 0 aromatic rings. The van der Waals surface area contributed by atoms with Crippen LogP contribution in [0.5, 0.6) is 0 Å². The first-order chi connectivity index (χ1) is 11.1. The lowest BCUT2D eigenvalue weighted by Crippen LogP contribution is -2.59. The number of carbonyl (C=O) groups excluding carboxylic acids is 4. The number of carboxylic acid groups (broad SMARTS) is 1. The highest BCUT2D eigenvalue weighted by Crippen LogP contribution is 1.90. The summed E-state index contributed by atoms with van der Waals surface area (Å²) in [6.07, 6.45) is 4.20. The van der Waals surface area contributed by atoms with Crippen LogP contribution in [0.4, 0.5) is 0 Å². The molecule has 0 radical (unpaired) electrons. The van der Waals surface area contributed by atoms with E-state index in [1.165, 1.54) is 13.8 Å². The summed E-state index contributed by atoms with van der Waals surface area (Å²) in [5.41, 5.74) is 0. The number of carboxylic acids is 1. The standard InChI is InChI=1S/C14H18N4O6/c1-5-9(19)17-11(18-10(20)6-2)13(22)15-7(3)12(21)16-8(4)14(23)24/h1,6-8,11H,2H2,3-4H3,(H,15,22)(H,16,21)(H,17,19)(H,18,20)(H,23,24)/t7-,8-,11?/m0/s1. The molecule has 0 aliphatic carbocycles. The van der Waals surface area contributed by atoms with Crippen molar-refractivity contribution in [1.82, 2.24) is 21.3 Å². The molecule has 0 aliphatic rings. The van der Waals surface area contributed by atoms with Gasteiger partial charge in [-0.1, -0.05) is 6.58 Å².